The molecule has 1 aromatic carbocycles. The van der Waals surface area contributed by atoms with Crippen LogP contribution >= 0.6 is 0 Å². The van der Waals surface area contributed by atoms with Gasteiger partial charge in [-0.1, -0.05) is 0 Å². The van der Waals surface area contributed by atoms with E-state index in [-0.39, 0.29) is 5.54 Å². The fourth-order valence-electron chi connectivity index (χ4n) is 3.49. The Hall–Kier alpha value is -0.415. The van der Waals surface area contributed by atoms with Gasteiger partial charge in [0.2, 0.25) is 0 Å². The van der Waals surface area contributed by atoms with Crippen molar-refractivity contribution in [3.05, 3.63) is 40.6 Å². The van der Waals surface area contributed by atoms with Crippen LogP contribution in [0.1, 0.15) is 36.2 Å². The molecule has 24 heavy (non-hydrogen) atoms. The maximum atomic E-state index is 3.87. The molecule has 0 saturated heterocycles. The van der Waals surface area contributed by atoms with E-state index in [2.05, 4.69) is 98.6 Å². The van der Waals surface area contributed by atoms with Crippen molar-refractivity contribution in [3.63, 3.8) is 0 Å². The van der Waals surface area contributed by atoms with Crippen molar-refractivity contribution in [2.24, 2.45) is 0 Å². The molecule has 1 aliphatic rings. The van der Waals surface area contributed by atoms with E-state index < -0.39 is 26.6 Å². The number of nitrogens with zero attached hydrogens (tertiary/aromatic N) is 2. The van der Waals surface area contributed by atoms with Gasteiger partial charge in [-0.05, 0) is 0 Å². The van der Waals surface area contributed by atoms with Crippen molar-refractivity contribution in [1.82, 2.24) is 12.2 Å². The molecule has 3 nitrogen and oxygen atoms in total. The first-order chi connectivity index (χ1) is 11.0. The molecule has 0 amide bonds. The average molecular weight is 429 g/mol. The Kier molecular flexibility index (Phi) is 6.18. The van der Waals surface area contributed by atoms with E-state index in [0.29, 0.717) is 4.31 Å². The third-order valence-electron chi connectivity index (χ3n) is 4.16. The standard InChI is InChI=1S/C15H22NSi.2C2H6N.Mo/c1-15(2,3)16-14-12-9-7-6-8-11(12)10-13(14)17(4)5;2*1-3-2;/h6-10,16-17H,1-5H3;2*1-2H3;/q;2*-1;+2. The Morgan fingerprint density at radius 3 is 2.00 bits per heavy atom. The molecular weight excluding hydrogens is 394 g/mol. The van der Waals surface area contributed by atoms with Crippen LogP contribution in [0.15, 0.2) is 29.5 Å². The molecule has 0 aromatic heterocycles. The number of nitrogens with one attached hydrogen (secondary N) is 1. The van der Waals surface area contributed by atoms with E-state index in [4.69, 9.17) is 0 Å². The quantitative estimate of drug-likeness (QED) is 0.725. The van der Waals surface area contributed by atoms with Crippen LogP contribution in [-0.4, -0.2) is 49.4 Å². The minimum atomic E-state index is -1.66. The van der Waals surface area contributed by atoms with Gasteiger partial charge in [0.25, 0.3) is 0 Å². The fourth-order valence-corrected chi connectivity index (χ4v) is 13.4. The third-order valence-corrected chi connectivity index (χ3v) is 12.6. The summed E-state index contributed by atoms with van der Waals surface area (Å²) in [7, 11) is 8.14. The van der Waals surface area contributed by atoms with Gasteiger partial charge in [0.15, 0.2) is 0 Å². The first-order valence-electron chi connectivity index (χ1n) is 8.74. The molecule has 0 aliphatic heterocycles. The van der Waals surface area contributed by atoms with E-state index >= 15 is 0 Å². The van der Waals surface area contributed by atoms with Crippen LogP contribution in [0.5, 0.6) is 0 Å². The van der Waals surface area contributed by atoms with Crippen LogP contribution in [0.4, 0.5) is 0 Å². The van der Waals surface area contributed by atoms with Crippen LogP contribution in [0.2, 0.25) is 13.1 Å². The molecule has 0 spiro atoms. The zero-order valence-corrected chi connectivity index (χ0v) is 19.9. The molecular formula is C19H34MoN3Si. The van der Waals surface area contributed by atoms with Crippen molar-refractivity contribution in [1.29, 1.82) is 0 Å². The SMILES string of the molecule is C[N](C)[Mo]([CH]1C([SiH](C)C)=C(NC(C)(C)C)c2ccccc21)[N](C)C. The molecule has 5 heteroatoms. The molecule has 2 rings (SSSR count). The molecule has 1 aliphatic carbocycles. The van der Waals surface area contributed by atoms with E-state index in [1.165, 1.54) is 11.3 Å². The molecule has 1 unspecified atom stereocenters. The van der Waals surface area contributed by atoms with Gasteiger partial charge in [-0.2, -0.15) is 0 Å². The Bertz CT molecular complexity index is 609. The number of hydrogen-bond donors (Lipinski definition) is 1. The maximum absolute atomic E-state index is 3.87. The fraction of sp³-hybridized carbons (Fsp3) is 0.579. The molecule has 1 N–H and O–H groups in total. The predicted molar refractivity (Wildman–Crippen MR) is 105 cm³/mol. The number of rotatable bonds is 5. The summed E-state index contributed by atoms with van der Waals surface area (Å²) in [4.78, 5) is 0. The molecule has 0 bridgehead atoms. The van der Waals surface area contributed by atoms with Crippen molar-refractivity contribution in [2.45, 2.75) is 43.7 Å². The van der Waals surface area contributed by atoms with E-state index in [9.17, 15) is 0 Å². The summed E-state index contributed by atoms with van der Waals surface area (Å²) in [6, 6.07) is 9.10. The molecule has 1 aromatic rings. The van der Waals surface area contributed by atoms with Crippen LogP contribution < -0.4 is 5.32 Å². The monoisotopic (exact) mass is 430 g/mol. The van der Waals surface area contributed by atoms with Crippen molar-refractivity contribution in [3.8, 4) is 0 Å². The van der Waals surface area contributed by atoms with Crippen molar-refractivity contribution < 1.29 is 17.8 Å². The second-order valence-electron chi connectivity index (χ2n) is 8.24. The van der Waals surface area contributed by atoms with E-state index in [1.807, 2.05) is 0 Å². The summed E-state index contributed by atoms with van der Waals surface area (Å²) in [5.74, 6) is 0. The predicted octanol–water partition coefficient (Wildman–Crippen LogP) is 3.44. The third kappa shape index (κ3) is 4.04. The summed E-state index contributed by atoms with van der Waals surface area (Å²) < 4.78 is 5.68. The molecule has 0 fully saturated rings. The summed E-state index contributed by atoms with van der Waals surface area (Å²) in [6.07, 6.45) is 0. The van der Waals surface area contributed by atoms with Crippen LogP contribution in [0, 0.1) is 0 Å². The van der Waals surface area contributed by atoms with Gasteiger partial charge in [0.05, 0.1) is 0 Å². The Balaban J connectivity index is 2.68. The van der Waals surface area contributed by atoms with Gasteiger partial charge in [-0.25, -0.2) is 0 Å². The van der Waals surface area contributed by atoms with Gasteiger partial charge in [-0.3, -0.25) is 0 Å². The Morgan fingerprint density at radius 2 is 1.54 bits per heavy atom. The zero-order chi connectivity index (χ0) is 18.2. The second kappa shape index (κ2) is 7.45. The number of fused-ring (bicyclic) bond motifs is 1. The van der Waals surface area contributed by atoms with Gasteiger partial charge < -0.3 is 0 Å². The van der Waals surface area contributed by atoms with E-state index in [0.717, 1.165) is 0 Å². The van der Waals surface area contributed by atoms with Gasteiger partial charge in [0, 0.05) is 0 Å². The molecule has 0 radical (unpaired) electrons. The summed E-state index contributed by atoms with van der Waals surface area (Å²) in [5, 5.41) is 5.61. The Morgan fingerprint density at radius 1 is 1.00 bits per heavy atom. The normalized spacial score (nSPS) is 18.3. The Labute approximate surface area is 156 Å². The molecule has 1 atom stereocenters. The molecule has 0 saturated carbocycles. The number of allylic oxidation sites excluding steroid dienone is 1. The summed E-state index contributed by atoms with van der Waals surface area (Å²) in [6.45, 7) is 11.8. The summed E-state index contributed by atoms with van der Waals surface area (Å²) >= 11 is -1.66. The first-order valence-corrected chi connectivity index (χ1v) is 14.6. The van der Waals surface area contributed by atoms with Crippen molar-refractivity contribution >= 4 is 14.5 Å². The zero-order valence-electron chi connectivity index (χ0n) is 16.8. The average Bonchev–Trinajstić information content (AvgIpc) is 2.71. The van der Waals surface area contributed by atoms with Crippen LogP contribution in [0.25, 0.3) is 5.70 Å². The van der Waals surface area contributed by atoms with Gasteiger partial charge in [-0.15, -0.1) is 0 Å². The van der Waals surface area contributed by atoms with Crippen LogP contribution in [0.3, 0.4) is 0 Å². The molecule has 135 valence electrons. The van der Waals surface area contributed by atoms with Gasteiger partial charge in [0.1, 0.15) is 0 Å². The molecule has 0 heterocycles. The number of hydrogen-bond acceptors (Lipinski definition) is 3. The first kappa shape index (κ1) is 19.9. The second-order valence-corrected chi connectivity index (χ2v) is 17.4. The minimum absolute atomic E-state index is 0.0860. The summed E-state index contributed by atoms with van der Waals surface area (Å²) in [5.41, 5.74) is 4.53. The topological polar surface area (TPSA) is 18.5 Å². The number of benzene rings is 1. The van der Waals surface area contributed by atoms with Crippen LogP contribution in [-0.2, 0) is 17.8 Å². The van der Waals surface area contributed by atoms with Gasteiger partial charge >= 0.3 is 157 Å². The van der Waals surface area contributed by atoms with Crippen molar-refractivity contribution in [2.75, 3.05) is 28.2 Å². The van der Waals surface area contributed by atoms with E-state index in [1.54, 1.807) is 10.8 Å².